The van der Waals surface area contributed by atoms with E-state index in [0.29, 0.717) is 29.3 Å². The fourth-order valence-electron chi connectivity index (χ4n) is 1.98. The van der Waals surface area contributed by atoms with Crippen LogP contribution in [0.4, 0.5) is 0 Å². The first-order valence-electron chi connectivity index (χ1n) is 6.55. The molecule has 0 radical (unpaired) electrons. The van der Waals surface area contributed by atoms with E-state index in [9.17, 15) is 4.79 Å². The predicted molar refractivity (Wildman–Crippen MR) is 75.4 cm³/mol. The van der Waals surface area contributed by atoms with Gasteiger partial charge in [0.1, 0.15) is 5.15 Å². The highest BCUT2D eigenvalue weighted by atomic mass is 35.5. The summed E-state index contributed by atoms with van der Waals surface area (Å²) < 4.78 is 1.51. The number of carbonyl (C=O) groups excluding carboxylic acids is 1. The number of aromatic nitrogens is 2. The maximum Gasteiger partial charge on any atom is 0.256 e. The van der Waals surface area contributed by atoms with E-state index in [2.05, 4.69) is 10.4 Å². The van der Waals surface area contributed by atoms with E-state index in [1.807, 2.05) is 20.8 Å². The van der Waals surface area contributed by atoms with Crippen LogP contribution in [0.2, 0.25) is 5.15 Å². The predicted octanol–water partition coefficient (Wildman–Crippen LogP) is 1.77. The van der Waals surface area contributed by atoms with E-state index >= 15 is 0 Å². The molecule has 1 aromatic heterocycles. The Hall–Kier alpha value is -1.07. The van der Waals surface area contributed by atoms with Gasteiger partial charge < -0.3 is 10.4 Å². The first-order chi connectivity index (χ1) is 8.92. The minimum absolute atomic E-state index is 0.0462. The number of halogens is 1. The molecule has 1 aromatic rings. The van der Waals surface area contributed by atoms with Gasteiger partial charge in [0, 0.05) is 19.7 Å². The molecule has 0 saturated heterocycles. The molecule has 108 valence electrons. The Morgan fingerprint density at radius 1 is 1.53 bits per heavy atom. The summed E-state index contributed by atoms with van der Waals surface area (Å²) in [5.41, 5.74) is 1.13. The molecule has 0 saturated carbocycles. The quantitative estimate of drug-likeness (QED) is 0.838. The standard InChI is InChI=1S/C13H22ClN3O2/c1-5-9-11(12(14)17(4)16-9)13(19)15-10(6-7-18)8(2)3/h8,10,18H,5-7H2,1-4H3,(H,15,19). The maximum absolute atomic E-state index is 12.3. The van der Waals surface area contributed by atoms with Crippen LogP contribution >= 0.6 is 11.6 Å². The molecule has 5 nitrogen and oxygen atoms in total. The summed E-state index contributed by atoms with van der Waals surface area (Å²) in [6.07, 6.45) is 1.18. The zero-order valence-corrected chi connectivity index (χ0v) is 12.7. The number of nitrogens with zero attached hydrogens (tertiary/aromatic N) is 2. The second kappa shape index (κ2) is 6.91. The van der Waals surface area contributed by atoms with E-state index in [-0.39, 0.29) is 24.5 Å². The largest absolute Gasteiger partial charge is 0.396 e. The maximum atomic E-state index is 12.3. The molecule has 1 atom stereocenters. The van der Waals surface area contributed by atoms with Crippen LogP contribution in [0, 0.1) is 5.92 Å². The van der Waals surface area contributed by atoms with E-state index in [1.54, 1.807) is 7.05 Å². The highest BCUT2D eigenvalue weighted by Crippen LogP contribution is 2.20. The number of carbonyl (C=O) groups is 1. The molecule has 0 aromatic carbocycles. The molecule has 2 N–H and O–H groups in total. The van der Waals surface area contributed by atoms with Crippen molar-refractivity contribution in [3.63, 3.8) is 0 Å². The summed E-state index contributed by atoms with van der Waals surface area (Å²) in [5.74, 6) is 0.0266. The van der Waals surface area contributed by atoms with Crippen LogP contribution in [-0.4, -0.2) is 33.4 Å². The number of amides is 1. The monoisotopic (exact) mass is 287 g/mol. The lowest BCUT2D eigenvalue weighted by atomic mass is 10.0. The first-order valence-corrected chi connectivity index (χ1v) is 6.93. The summed E-state index contributed by atoms with van der Waals surface area (Å²) in [6, 6.07) is -0.0709. The molecule has 0 bridgehead atoms. The molecule has 0 fully saturated rings. The Balaban J connectivity index is 2.94. The number of hydrogen-bond acceptors (Lipinski definition) is 3. The molecular weight excluding hydrogens is 266 g/mol. The molecule has 1 amide bonds. The molecule has 1 unspecified atom stereocenters. The Bertz CT molecular complexity index is 443. The number of aliphatic hydroxyl groups is 1. The fraction of sp³-hybridized carbons (Fsp3) is 0.692. The minimum atomic E-state index is -0.220. The molecule has 1 rings (SSSR count). The lowest BCUT2D eigenvalue weighted by Crippen LogP contribution is -2.39. The average Bonchev–Trinajstić information content (AvgIpc) is 2.64. The summed E-state index contributed by atoms with van der Waals surface area (Å²) >= 11 is 6.12. The van der Waals surface area contributed by atoms with Crippen LogP contribution in [0.25, 0.3) is 0 Å². The van der Waals surface area contributed by atoms with Gasteiger partial charge in [-0.3, -0.25) is 9.48 Å². The highest BCUT2D eigenvalue weighted by molar-refractivity contribution is 6.33. The van der Waals surface area contributed by atoms with Crippen molar-refractivity contribution in [2.45, 2.75) is 39.7 Å². The van der Waals surface area contributed by atoms with Crippen LogP contribution in [0.3, 0.4) is 0 Å². The van der Waals surface area contributed by atoms with Crippen LogP contribution < -0.4 is 5.32 Å². The lowest BCUT2D eigenvalue weighted by Gasteiger charge is -2.21. The highest BCUT2D eigenvalue weighted by Gasteiger charge is 2.23. The minimum Gasteiger partial charge on any atom is -0.396 e. The van der Waals surface area contributed by atoms with Crippen molar-refractivity contribution in [2.24, 2.45) is 13.0 Å². The van der Waals surface area contributed by atoms with Gasteiger partial charge in [-0.25, -0.2) is 0 Å². The van der Waals surface area contributed by atoms with Gasteiger partial charge >= 0.3 is 0 Å². The SMILES string of the molecule is CCc1nn(C)c(Cl)c1C(=O)NC(CCO)C(C)C. The molecule has 6 heteroatoms. The molecule has 0 aliphatic carbocycles. The van der Waals surface area contributed by atoms with Crippen LogP contribution in [0.5, 0.6) is 0 Å². The van der Waals surface area contributed by atoms with Gasteiger partial charge in [0.15, 0.2) is 0 Å². The van der Waals surface area contributed by atoms with Gasteiger partial charge in [-0.1, -0.05) is 32.4 Å². The van der Waals surface area contributed by atoms with E-state index in [0.717, 1.165) is 0 Å². The Morgan fingerprint density at radius 3 is 2.63 bits per heavy atom. The Morgan fingerprint density at radius 2 is 2.16 bits per heavy atom. The zero-order valence-electron chi connectivity index (χ0n) is 11.9. The summed E-state index contributed by atoms with van der Waals surface area (Å²) in [5, 5.41) is 16.5. The van der Waals surface area contributed by atoms with Gasteiger partial charge in [-0.05, 0) is 18.8 Å². The van der Waals surface area contributed by atoms with Crippen LogP contribution in [0.1, 0.15) is 43.2 Å². The Kier molecular flexibility index (Phi) is 5.82. The van der Waals surface area contributed by atoms with E-state index in [1.165, 1.54) is 4.68 Å². The van der Waals surface area contributed by atoms with E-state index in [4.69, 9.17) is 16.7 Å². The topological polar surface area (TPSA) is 67.2 Å². The summed E-state index contributed by atoms with van der Waals surface area (Å²) in [4.78, 5) is 12.3. The smallest absolute Gasteiger partial charge is 0.256 e. The van der Waals surface area contributed by atoms with Crippen molar-refractivity contribution in [3.8, 4) is 0 Å². The van der Waals surface area contributed by atoms with Gasteiger partial charge in [0.2, 0.25) is 0 Å². The van der Waals surface area contributed by atoms with Crippen molar-refractivity contribution in [3.05, 3.63) is 16.4 Å². The third kappa shape index (κ3) is 3.70. The second-order valence-electron chi connectivity index (χ2n) is 4.93. The normalized spacial score (nSPS) is 12.8. The van der Waals surface area contributed by atoms with Crippen molar-refractivity contribution in [1.29, 1.82) is 0 Å². The second-order valence-corrected chi connectivity index (χ2v) is 5.28. The molecule has 0 spiro atoms. The number of rotatable bonds is 6. The number of aryl methyl sites for hydroxylation is 2. The van der Waals surface area contributed by atoms with Gasteiger partial charge in [0.05, 0.1) is 11.3 Å². The lowest BCUT2D eigenvalue weighted by molar-refractivity contribution is 0.0916. The van der Waals surface area contributed by atoms with Crippen LogP contribution in [-0.2, 0) is 13.5 Å². The molecular formula is C13H22ClN3O2. The van der Waals surface area contributed by atoms with Crippen molar-refractivity contribution in [1.82, 2.24) is 15.1 Å². The third-order valence-electron chi connectivity index (χ3n) is 3.17. The van der Waals surface area contributed by atoms with Gasteiger partial charge in [0.25, 0.3) is 5.91 Å². The number of hydrogen-bond donors (Lipinski definition) is 2. The Labute approximate surface area is 118 Å². The first kappa shape index (κ1) is 16.0. The molecule has 19 heavy (non-hydrogen) atoms. The van der Waals surface area contributed by atoms with Gasteiger partial charge in [-0.2, -0.15) is 5.10 Å². The number of nitrogens with one attached hydrogen (secondary N) is 1. The van der Waals surface area contributed by atoms with Gasteiger partial charge in [-0.15, -0.1) is 0 Å². The molecule has 0 aliphatic heterocycles. The third-order valence-corrected chi connectivity index (χ3v) is 3.61. The summed E-state index contributed by atoms with van der Waals surface area (Å²) in [6.45, 7) is 5.99. The van der Waals surface area contributed by atoms with Crippen molar-refractivity contribution >= 4 is 17.5 Å². The average molecular weight is 288 g/mol. The van der Waals surface area contributed by atoms with Crippen LogP contribution in [0.15, 0.2) is 0 Å². The number of aliphatic hydroxyl groups excluding tert-OH is 1. The zero-order chi connectivity index (χ0) is 14.6. The summed E-state index contributed by atoms with van der Waals surface area (Å²) in [7, 11) is 1.71. The molecule has 1 heterocycles. The molecule has 0 aliphatic rings. The fourth-order valence-corrected chi connectivity index (χ4v) is 2.21. The van der Waals surface area contributed by atoms with Crippen molar-refractivity contribution < 1.29 is 9.90 Å². The van der Waals surface area contributed by atoms with E-state index < -0.39 is 0 Å². The van der Waals surface area contributed by atoms with Crippen molar-refractivity contribution in [2.75, 3.05) is 6.61 Å².